The molecule has 0 unspecified atom stereocenters. The summed E-state index contributed by atoms with van der Waals surface area (Å²) in [6.45, 7) is 0.576. The Labute approximate surface area is 86.8 Å². The molecule has 4 heteroatoms. The Bertz CT molecular complexity index is 385. The molecule has 2 rings (SSSR count). The number of carbonyl (C=O) groups is 1. The van der Waals surface area contributed by atoms with Crippen LogP contribution in [-0.2, 0) is 14.9 Å². The van der Waals surface area contributed by atoms with Crippen LogP contribution in [0.1, 0.15) is 5.56 Å². The lowest BCUT2D eigenvalue weighted by Gasteiger charge is -2.37. The maximum atomic E-state index is 13.1. The summed E-state index contributed by atoms with van der Waals surface area (Å²) in [4.78, 5) is 11.0. The highest BCUT2D eigenvalue weighted by Crippen LogP contribution is 2.36. The van der Waals surface area contributed by atoms with Crippen molar-refractivity contribution in [2.75, 3.05) is 20.3 Å². The molecule has 1 heterocycles. The van der Waals surface area contributed by atoms with Crippen LogP contribution in [0.4, 0.5) is 4.39 Å². The van der Waals surface area contributed by atoms with Crippen molar-refractivity contribution in [1.29, 1.82) is 0 Å². The number of hydrogen-bond acceptors (Lipinski definition) is 3. The van der Waals surface area contributed by atoms with E-state index in [0.29, 0.717) is 11.3 Å². The first-order chi connectivity index (χ1) is 7.22. The first-order valence-electron chi connectivity index (χ1n) is 4.60. The van der Waals surface area contributed by atoms with E-state index in [2.05, 4.69) is 0 Å². The minimum absolute atomic E-state index is 0.288. The van der Waals surface area contributed by atoms with Crippen molar-refractivity contribution in [1.82, 2.24) is 0 Å². The summed E-state index contributed by atoms with van der Waals surface area (Å²) in [5.74, 6) is 0.144. The number of benzene rings is 1. The summed E-state index contributed by atoms with van der Waals surface area (Å²) in [5, 5.41) is 0. The van der Waals surface area contributed by atoms with E-state index in [1.165, 1.54) is 25.3 Å². The molecule has 0 N–H and O–H groups in total. The largest absolute Gasteiger partial charge is 0.496 e. The Hall–Kier alpha value is -1.42. The molecule has 0 spiro atoms. The molecule has 0 bridgehead atoms. The van der Waals surface area contributed by atoms with Crippen molar-refractivity contribution in [2.24, 2.45) is 0 Å². The Balaban J connectivity index is 2.49. The van der Waals surface area contributed by atoms with Gasteiger partial charge in [0, 0.05) is 5.56 Å². The van der Waals surface area contributed by atoms with Gasteiger partial charge >= 0.3 is 0 Å². The zero-order valence-electron chi connectivity index (χ0n) is 8.33. The fraction of sp³-hybridized carbons (Fsp3) is 0.364. The van der Waals surface area contributed by atoms with Crippen LogP contribution in [0.5, 0.6) is 5.75 Å². The van der Waals surface area contributed by atoms with E-state index >= 15 is 0 Å². The molecule has 1 aliphatic rings. The van der Waals surface area contributed by atoms with Gasteiger partial charge in [-0.3, -0.25) is 0 Å². The maximum Gasteiger partial charge on any atom is 0.135 e. The van der Waals surface area contributed by atoms with Crippen LogP contribution < -0.4 is 4.74 Å². The molecule has 1 fully saturated rings. The van der Waals surface area contributed by atoms with Crippen LogP contribution in [0.15, 0.2) is 18.2 Å². The lowest BCUT2D eigenvalue weighted by atomic mass is 9.79. The highest BCUT2D eigenvalue weighted by Gasteiger charge is 2.42. The molecule has 15 heavy (non-hydrogen) atoms. The van der Waals surface area contributed by atoms with Gasteiger partial charge in [0.25, 0.3) is 0 Å². The third-order valence-electron chi connectivity index (χ3n) is 2.64. The smallest absolute Gasteiger partial charge is 0.135 e. The highest BCUT2D eigenvalue weighted by atomic mass is 19.1. The molecular formula is C11H11FO3. The van der Waals surface area contributed by atoms with Crippen LogP contribution in [-0.4, -0.2) is 26.6 Å². The van der Waals surface area contributed by atoms with Crippen LogP contribution in [0, 0.1) is 5.82 Å². The highest BCUT2D eigenvalue weighted by molar-refractivity contribution is 5.72. The van der Waals surface area contributed by atoms with E-state index in [4.69, 9.17) is 9.47 Å². The summed E-state index contributed by atoms with van der Waals surface area (Å²) >= 11 is 0. The lowest BCUT2D eigenvalue weighted by Crippen LogP contribution is -2.48. The predicted octanol–water partition coefficient (Wildman–Crippen LogP) is 1.30. The van der Waals surface area contributed by atoms with Crippen LogP contribution in [0.25, 0.3) is 0 Å². The van der Waals surface area contributed by atoms with Gasteiger partial charge in [-0.1, -0.05) is 0 Å². The Morgan fingerprint density at radius 3 is 2.73 bits per heavy atom. The Morgan fingerprint density at radius 2 is 2.27 bits per heavy atom. The fourth-order valence-electron chi connectivity index (χ4n) is 1.68. The lowest BCUT2D eigenvalue weighted by molar-refractivity contribution is -0.130. The number of aldehydes is 1. The van der Waals surface area contributed by atoms with Crippen LogP contribution >= 0.6 is 0 Å². The first-order valence-corrected chi connectivity index (χ1v) is 4.60. The Morgan fingerprint density at radius 1 is 1.53 bits per heavy atom. The van der Waals surface area contributed by atoms with Gasteiger partial charge in [0.1, 0.15) is 23.3 Å². The van der Waals surface area contributed by atoms with Gasteiger partial charge in [-0.25, -0.2) is 4.39 Å². The molecule has 1 aliphatic heterocycles. The number of ether oxygens (including phenoxy) is 2. The minimum Gasteiger partial charge on any atom is -0.496 e. The summed E-state index contributed by atoms with van der Waals surface area (Å²) in [6, 6.07) is 4.16. The van der Waals surface area contributed by atoms with E-state index in [0.717, 1.165) is 6.29 Å². The van der Waals surface area contributed by atoms with E-state index in [-0.39, 0.29) is 19.0 Å². The second-order valence-corrected chi connectivity index (χ2v) is 3.61. The fourth-order valence-corrected chi connectivity index (χ4v) is 1.68. The molecule has 0 saturated carbocycles. The van der Waals surface area contributed by atoms with Crippen LogP contribution in [0.3, 0.4) is 0 Å². The summed E-state index contributed by atoms with van der Waals surface area (Å²) in [5.41, 5.74) is -0.167. The third kappa shape index (κ3) is 1.51. The van der Waals surface area contributed by atoms with Crippen molar-refractivity contribution >= 4 is 6.29 Å². The molecule has 1 saturated heterocycles. The average Bonchev–Trinajstić information content (AvgIpc) is 2.17. The zero-order valence-corrected chi connectivity index (χ0v) is 8.33. The Kier molecular flexibility index (Phi) is 2.44. The normalized spacial score (nSPS) is 18.0. The molecule has 3 nitrogen and oxygen atoms in total. The standard InChI is InChI=1S/C11H11FO3/c1-14-10-3-2-8(12)4-9(10)11(5-13)6-15-7-11/h2-5H,6-7H2,1H3. The molecule has 1 aromatic rings. The second kappa shape index (κ2) is 3.62. The van der Waals surface area contributed by atoms with Gasteiger partial charge in [-0.05, 0) is 18.2 Å². The third-order valence-corrected chi connectivity index (χ3v) is 2.64. The van der Waals surface area contributed by atoms with Crippen molar-refractivity contribution < 1.29 is 18.7 Å². The average molecular weight is 210 g/mol. The quantitative estimate of drug-likeness (QED) is 0.705. The minimum atomic E-state index is -0.729. The van der Waals surface area contributed by atoms with Crippen molar-refractivity contribution in [3.63, 3.8) is 0 Å². The zero-order chi connectivity index (χ0) is 10.9. The van der Waals surface area contributed by atoms with Crippen molar-refractivity contribution in [3.8, 4) is 5.75 Å². The first kappa shape index (κ1) is 10.1. The number of rotatable bonds is 3. The van der Waals surface area contributed by atoms with Gasteiger partial charge in [0.2, 0.25) is 0 Å². The number of carbonyl (C=O) groups excluding carboxylic acids is 1. The molecule has 0 aromatic heterocycles. The number of halogens is 1. The molecule has 0 amide bonds. The molecule has 0 atom stereocenters. The SMILES string of the molecule is COc1ccc(F)cc1C1(C=O)COC1. The van der Waals surface area contributed by atoms with Crippen molar-refractivity contribution in [3.05, 3.63) is 29.6 Å². The van der Waals surface area contributed by atoms with E-state index < -0.39 is 5.41 Å². The summed E-state index contributed by atoms with van der Waals surface area (Å²) in [6.07, 6.45) is 0.799. The van der Waals surface area contributed by atoms with Gasteiger partial charge in [-0.15, -0.1) is 0 Å². The summed E-state index contributed by atoms with van der Waals surface area (Å²) < 4.78 is 23.2. The maximum absolute atomic E-state index is 13.1. The van der Waals surface area contributed by atoms with Gasteiger partial charge in [-0.2, -0.15) is 0 Å². The molecule has 0 aliphatic carbocycles. The molecule has 80 valence electrons. The number of methoxy groups -OCH3 is 1. The van der Waals surface area contributed by atoms with Crippen LogP contribution in [0.2, 0.25) is 0 Å². The van der Waals surface area contributed by atoms with E-state index in [9.17, 15) is 9.18 Å². The topological polar surface area (TPSA) is 35.5 Å². The monoisotopic (exact) mass is 210 g/mol. The predicted molar refractivity (Wildman–Crippen MR) is 51.5 cm³/mol. The molecule has 1 aromatic carbocycles. The van der Waals surface area contributed by atoms with Gasteiger partial charge in [0.15, 0.2) is 0 Å². The second-order valence-electron chi connectivity index (χ2n) is 3.61. The van der Waals surface area contributed by atoms with E-state index in [1.807, 2.05) is 0 Å². The van der Waals surface area contributed by atoms with E-state index in [1.54, 1.807) is 0 Å². The molecule has 0 radical (unpaired) electrons. The van der Waals surface area contributed by atoms with Crippen molar-refractivity contribution in [2.45, 2.75) is 5.41 Å². The molecular weight excluding hydrogens is 199 g/mol. The van der Waals surface area contributed by atoms with Gasteiger partial charge < -0.3 is 14.3 Å². The van der Waals surface area contributed by atoms with Gasteiger partial charge in [0.05, 0.1) is 20.3 Å². The number of hydrogen-bond donors (Lipinski definition) is 0. The summed E-state index contributed by atoms with van der Waals surface area (Å²) in [7, 11) is 1.49.